The van der Waals surface area contributed by atoms with E-state index in [2.05, 4.69) is 6.92 Å². The molecule has 0 aromatic rings. The molecule has 2 atom stereocenters. The first-order valence-electron chi connectivity index (χ1n) is 5.22. The first-order chi connectivity index (χ1) is 6.34. The lowest BCUT2D eigenvalue weighted by atomic mass is 10.2. The highest BCUT2D eigenvalue weighted by molar-refractivity contribution is 7.99. The molecule has 0 aliphatic carbocycles. The lowest BCUT2D eigenvalue weighted by Gasteiger charge is -2.14. The van der Waals surface area contributed by atoms with Crippen LogP contribution >= 0.6 is 11.8 Å². The number of rotatable bonds is 6. The maximum atomic E-state index is 9.45. The molecule has 1 saturated heterocycles. The lowest BCUT2D eigenvalue weighted by Crippen LogP contribution is -2.27. The van der Waals surface area contributed by atoms with E-state index in [1.165, 1.54) is 19.3 Å². The zero-order valence-electron chi connectivity index (χ0n) is 8.37. The third-order valence-electron chi connectivity index (χ3n) is 2.33. The second kappa shape index (κ2) is 6.68. The molecule has 0 aromatic carbocycles. The van der Waals surface area contributed by atoms with Gasteiger partial charge in [-0.15, -0.1) is 0 Å². The van der Waals surface area contributed by atoms with Gasteiger partial charge in [-0.1, -0.05) is 26.2 Å². The molecule has 0 spiro atoms. The minimum atomic E-state index is -0.226. The molecule has 0 aromatic heterocycles. The fraction of sp³-hybridized carbons (Fsp3) is 1.00. The molecule has 2 nitrogen and oxygen atoms in total. The van der Waals surface area contributed by atoms with E-state index < -0.39 is 0 Å². The lowest BCUT2D eigenvalue weighted by molar-refractivity contribution is -0.00892. The van der Waals surface area contributed by atoms with Crippen LogP contribution in [0.25, 0.3) is 0 Å². The topological polar surface area (TPSA) is 29.5 Å². The fourth-order valence-electron chi connectivity index (χ4n) is 1.45. The van der Waals surface area contributed by atoms with Crippen LogP contribution in [0.15, 0.2) is 0 Å². The third-order valence-corrected chi connectivity index (χ3v) is 3.47. The minimum absolute atomic E-state index is 0.103. The average Bonchev–Trinajstić information content (AvgIpc) is 2.52. The molecule has 0 radical (unpaired) electrons. The van der Waals surface area contributed by atoms with Crippen LogP contribution in [0.1, 0.15) is 32.6 Å². The Bertz CT molecular complexity index is 130. The van der Waals surface area contributed by atoms with E-state index in [1.807, 2.05) is 0 Å². The van der Waals surface area contributed by atoms with Gasteiger partial charge in [0.25, 0.3) is 0 Å². The highest BCUT2D eigenvalue weighted by Crippen LogP contribution is 2.21. The molecule has 1 fully saturated rings. The van der Waals surface area contributed by atoms with E-state index in [-0.39, 0.29) is 12.2 Å². The van der Waals surface area contributed by atoms with Gasteiger partial charge >= 0.3 is 0 Å². The van der Waals surface area contributed by atoms with Gasteiger partial charge in [-0.2, -0.15) is 11.8 Å². The summed E-state index contributed by atoms with van der Waals surface area (Å²) in [5, 5.41) is 9.45. The fourth-order valence-corrected chi connectivity index (χ4v) is 2.59. The monoisotopic (exact) mass is 204 g/mol. The van der Waals surface area contributed by atoms with Gasteiger partial charge in [-0.3, -0.25) is 0 Å². The summed E-state index contributed by atoms with van der Waals surface area (Å²) in [4.78, 5) is 0. The summed E-state index contributed by atoms with van der Waals surface area (Å²) in [5.74, 6) is 1.81. The van der Waals surface area contributed by atoms with Gasteiger partial charge in [-0.05, 0) is 6.42 Å². The van der Waals surface area contributed by atoms with E-state index in [0.29, 0.717) is 0 Å². The highest BCUT2D eigenvalue weighted by atomic mass is 32.2. The summed E-state index contributed by atoms with van der Waals surface area (Å²) in [7, 11) is 0. The van der Waals surface area contributed by atoms with Gasteiger partial charge in [0, 0.05) is 18.1 Å². The summed E-state index contributed by atoms with van der Waals surface area (Å²) >= 11 is 1.78. The average molecular weight is 204 g/mol. The molecule has 0 amide bonds. The Morgan fingerprint density at radius 2 is 2.15 bits per heavy atom. The molecule has 1 heterocycles. The van der Waals surface area contributed by atoms with Gasteiger partial charge in [-0.25, -0.2) is 0 Å². The molecule has 1 rings (SSSR count). The van der Waals surface area contributed by atoms with Gasteiger partial charge in [0.15, 0.2) is 0 Å². The summed E-state index contributed by atoms with van der Waals surface area (Å²) in [6.07, 6.45) is 4.84. The van der Waals surface area contributed by atoms with Crippen LogP contribution in [-0.4, -0.2) is 35.4 Å². The van der Waals surface area contributed by atoms with E-state index in [4.69, 9.17) is 4.74 Å². The van der Waals surface area contributed by atoms with Crippen molar-refractivity contribution in [1.82, 2.24) is 0 Å². The zero-order valence-corrected chi connectivity index (χ0v) is 9.18. The van der Waals surface area contributed by atoms with Gasteiger partial charge < -0.3 is 9.84 Å². The SMILES string of the molecule is CCCCCCOC1CSCC1O. The van der Waals surface area contributed by atoms with Crippen molar-refractivity contribution >= 4 is 11.8 Å². The van der Waals surface area contributed by atoms with Crippen LogP contribution in [0.2, 0.25) is 0 Å². The zero-order chi connectivity index (χ0) is 9.52. The first kappa shape index (κ1) is 11.3. The number of thioether (sulfide) groups is 1. The Labute approximate surface area is 85.0 Å². The van der Waals surface area contributed by atoms with Crippen LogP contribution in [-0.2, 0) is 4.74 Å². The molecular formula is C10H20O2S. The van der Waals surface area contributed by atoms with Gasteiger partial charge in [0.05, 0.1) is 12.2 Å². The largest absolute Gasteiger partial charge is 0.390 e. The molecule has 1 aliphatic rings. The Kier molecular flexibility index (Phi) is 5.83. The van der Waals surface area contributed by atoms with Crippen molar-refractivity contribution < 1.29 is 9.84 Å². The second-order valence-corrected chi connectivity index (χ2v) is 4.65. The highest BCUT2D eigenvalue weighted by Gasteiger charge is 2.25. The van der Waals surface area contributed by atoms with Crippen LogP contribution < -0.4 is 0 Å². The van der Waals surface area contributed by atoms with E-state index in [0.717, 1.165) is 24.5 Å². The first-order valence-corrected chi connectivity index (χ1v) is 6.37. The summed E-state index contributed by atoms with van der Waals surface area (Å²) in [6.45, 7) is 3.03. The minimum Gasteiger partial charge on any atom is -0.390 e. The van der Waals surface area contributed by atoms with E-state index in [9.17, 15) is 5.11 Å². The quantitative estimate of drug-likeness (QED) is 0.672. The normalized spacial score (nSPS) is 28.2. The number of ether oxygens (including phenoxy) is 1. The predicted octanol–water partition coefficient (Wildman–Crippen LogP) is 2.06. The van der Waals surface area contributed by atoms with Crippen molar-refractivity contribution in [1.29, 1.82) is 0 Å². The van der Waals surface area contributed by atoms with Crippen molar-refractivity contribution in [2.24, 2.45) is 0 Å². The predicted molar refractivity (Wildman–Crippen MR) is 57.2 cm³/mol. The Hall–Kier alpha value is 0.270. The molecule has 1 N–H and O–H groups in total. The molecule has 0 saturated carbocycles. The van der Waals surface area contributed by atoms with Crippen molar-refractivity contribution in [2.45, 2.75) is 44.8 Å². The molecule has 0 bridgehead atoms. The van der Waals surface area contributed by atoms with Crippen molar-refractivity contribution in [3.63, 3.8) is 0 Å². The molecule has 1 aliphatic heterocycles. The van der Waals surface area contributed by atoms with E-state index >= 15 is 0 Å². The number of hydrogen-bond donors (Lipinski definition) is 1. The van der Waals surface area contributed by atoms with Crippen LogP contribution in [0.5, 0.6) is 0 Å². The Balaban J connectivity index is 1.93. The molecule has 13 heavy (non-hydrogen) atoms. The summed E-state index contributed by atoms with van der Waals surface area (Å²) in [5.41, 5.74) is 0. The number of aliphatic hydroxyl groups is 1. The number of unbranched alkanes of at least 4 members (excludes halogenated alkanes) is 3. The van der Waals surface area contributed by atoms with Crippen LogP contribution in [0, 0.1) is 0 Å². The van der Waals surface area contributed by atoms with Crippen molar-refractivity contribution in [2.75, 3.05) is 18.1 Å². The van der Waals surface area contributed by atoms with Gasteiger partial charge in [0.2, 0.25) is 0 Å². The number of hydrogen-bond acceptors (Lipinski definition) is 3. The maximum absolute atomic E-state index is 9.45. The van der Waals surface area contributed by atoms with Gasteiger partial charge in [0.1, 0.15) is 0 Å². The Morgan fingerprint density at radius 3 is 2.77 bits per heavy atom. The molecular weight excluding hydrogens is 184 g/mol. The molecule has 3 heteroatoms. The smallest absolute Gasteiger partial charge is 0.0932 e. The second-order valence-electron chi connectivity index (χ2n) is 3.57. The van der Waals surface area contributed by atoms with E-state index in [1.54, 1.807) is 11.8 Å². The molecule has 2 unspecified atom stereocenters. The van der Waals surface area contributed by atoms with Crippen molar-refractivity contribution in [3.05, 3.63) is 0 Å². The van der Waals surface area contributed by atoms with Crippen LogP contribution in [0.3, 0.4) is 0 Å². The van der Waals surface area contributed by atoms with Crippen molar-refractivity contribution in [3.8, 4) is 0 Å². The summed E-state index contributed by atoms with van der Waals surface area (Å²) < 4.78 is 5.59. The molecule has 78 valence electrons. The van der Waals surface area contributed by atoms with Crippen LogP contribution in [0.4, 0.5) is 0 Å². The third kappa shape index (κ3) is 4.34. The number of aliphatic hydroxyl groups excluding tert-OH is 1. The summed E-state index contributed by atoms with van der Waals surface area (Å²) in [6, 6.07) is 0. The standard InChI is InChI=1S/C10H20O2S/c1-2-3-4-5-6-12-10-8-13-7-9(10)11/h9-11H,2-8H2,1H3. The maximum Gasteiger partial charge on any atom is 0.0932 e. The Morgan fingerprint density at radius 1 is 1.31 bits per heavy atom.